The number of hydrogen-bond donors (Lipinski definition) is 1. The summed E-state index contributed by atoms with van der Waals surface area (Å²) in [6.45, 7) is 0.194. The molecule has 1 heterocycles. The van der Waals surface area contributed by atoms with Crippen molar-refractivity contribution in [1.29, 1.82) is 0 Å². The number of halogens is 1. The molecule has 0 spiro atoms. The van der Waals surface area contributed by atoms with Crippen LogP contribution in [0.5, 0.6) is 0 Å². The molecule has 2 aromatic carbocycles. The Morgan fingerprint density at radius 2 is 1.93 bits per heavy atom. The highest BCUT2D eigenvalue weighted by molar-refractivity contribution is 6.31. The monoisotopic (exact) mass is 426 g/mol. The van der Waals surface area contributed by atoms with Gasteiger partial charge in [-0.3, -0.25) is 9.59 Å². The molecule has 0 radical (unpaired) electrons. The highest BCUT2D eigenvalue weighted by Gasteiger charge is 2.32. The van der Waals surface area contributed by atoms with Crippen LogP contribution in [0.15, 0.2) is 53.6 Å². The van der Waals surface area contributed by atoms with Gasteiger partial charge >= 0.3 is 5.97 Å². The maximum atomic E-state index is 12.3. The van der Waals surface area contributed by atoms with E-state index in [0.29, 0.717) is 16.5 Å². The number of ether oxygens (including phenoxy) is 1. The quantitative estimate of drug-likeness (QED) is 0.741. The van der Waals surface area contributed by atoms with Crippen molar-refractivity contribution in [2.45, 2.75) is 38.1 Å². The summed E-state index contributed by atoms with van der Waals surface area (Å²) in [4.78, 5) is 24.1. The van der Waals surface area contributed by atoms with Crippen LogP contribution in [0, 0.1) is 5.92 Å². The van der Waals surface area contributed by atoms with Crippen LogP contribution in [0.25, 0.3) is 0 Å². The molecule has 1 N–H and O–H groups in total. The predicted molar refractivity (Wildman–Crippen MR) is 113 cm³/mol. The Morgan fingerprint density at radius 3 is 2.60 bits per heavy atom. The number of carboxylic acid groups (broad SMARTS) is 1. The number of carboxylic acids is 1. The number of rotatable bonds is 6. The molecule has 156 valence electrons. The van der Waals surface area contributed by atoms with Crippen molar-refractivity contribution in [3.05, 3.63) is 70.2 Å². The molecule has 7 heteroatoms. The molecule has 1 aliphatic carbocycles. The normalized spacial score (nSPS) is 18.1. The van der Waals surface area contributed by atoms with Crippen LogP contribution in [0.2, 0.25) is 5.02 Å². The van der Waals surface area contributed by atoms with Gasteiger partial charge in [-0.25, -0.2) is 5.01 Å². The smallest absolute Gasteiger partial charge is 0.311 e. The van der Waals surface area contributed by atoms with Crippen molar-refractivity contribution in [2.24, 2.45) is 11.0 Å². The summed E-state index contributed by atoms with van der Waals surface area (Å²) in [5.41, 5.74) is 2.39. The van der Waals surface area contributed by atoms with Crippen LogP contribution >= 0.6 is 11.6 Å². The Bertz CT molecular complexity index is 967. The topological polar surface area (TPSA) is 79.2 Å². The van der Waals surface area contributed by atoms with Crippen molar-refractivity contribution < 1.29 is 19.4 Å². The van der Waals surface area contributed by atoms with Crippen molar-refractivity contribution in [3.8, 4) is 0 Å². The molecular formula is C23H23ClN2O4. The van der Waals surface area contributed by atoms with Crippen LogP contribution in [0.1, 0.15) is 48.3 Å². The predicted octanol–water partition coefficient (Wildman–Crippen LogP) is 4.42. The second kappa shape index (κ2) is 8.88. The lowest BCUT2D eigenvalue weighted by atomic mass is 9.84. The Kier molecular flexibility index (Phi) is 6.04. The van der Waals surface area contributed by atoms with E-state index >= 15 is 0 Å². The van der Waals surface area contributed by atoms with Gasteiger partial charge in [0.15, 0.2) is 6.61 Å². The largest absolute Gasteiger partial charge is 0.481 e. The number of hydrogen-bond acceptors (Lipinski definition) is 4. The minimum Gasteiger partial charge on any atom is -0.481 e. The number of carbonyl (C=O) groups is 2. The molecule has 1 amide bonds. The Labute approximate surface area is 180 Å². The molecule has 2 aromatic rings. The summed E-state index contributed by atoms with van der Waals surface area (Å²) in [6.07, 6.45) is 4.11. The minimum atomic E-state index is -0.770. The number of hydrazone groups is 1. The fourth-order valence-electron chi connectivity index (χ4n) is 4.20. The average molecular weight is 427 g/mol. The molecule has 1 fully saturated rings. The number of carbonyl (C=O) groups excluding carboxylic acids is 1. The molecule has 1 atom stereocenters. The zero-order valence-electron chi connectivity index (χ0n) is 16.5. The van der Waals surface area contributed by atoms with Gasteiger partial charge in [-0.1, -0.05) is 54.8 Å². The fraction of sp³-hybridized carbons (Fsp3) is 0.348. The molecule has 1 aliphatic heterocycles. The first-order valence-corrected chi connectivity index (χ1v) is 10.5. The van der Waals surface area contributed by atoms with E-state index in [9.17, 15) is 14.7 Å². The summed E-state index contributed by atoms with van der Waals surface area (Å²) in [7, 11) is 0. The van der Waals surface area contributed by atoms with Gasteiger partial charge in [0.25, 0.3) is 5.91 Å². The van der Waals surface area contributed by atoms with Crippen molar-refractivity contribution in [3.63, 3.8) is 0 Å². The maximum absolute atomic E-state index is 12.3. The van der Waals surface area contributed by atoms with Gasteiger partial charge in [0.2, 0.25) is 5.90 Å². The first-order valence-electron chi connectivity index (χ1n) is 10.1. The summed E-state index contributed by atoms with van der Waals surface area (Å²) in [5.74, 6) is -0.938. The molecule has 0 aromatic heterocycles. The fourth-order valence-corrected chi connectivity index (χ4v) is 4.39. The van der Waals surface area contributed by atoms with E-state index in [1.165, 1.54) is 5.01 Å². The third kappa shape index (κ3) is 4.49. The van der Waals surface area contributed by atoms with E-state index in [0.717, 1.165) is 36.8 Å². The van der Waals surface area contributed by atoms with Gasteiger partial charge in [0.1, 0.15) is 0 Å². The zero-order valence-corrected chi connectivity index (χ0v) is 17.2. The molecule has 4 rings (SSSR count). The molecule has 2 aliphatic rings. The Morgan fingerprint density at radius 1 is 1.20 bits per heavy atom. The first kappa shape index (κ1) is 20.4. The van der Waals surface area contributed by atoms with E-state index in [1.54, 1.807) is 18.2 Å². The SMILES string of the molecule is O=C(O)C(c1ccc(CN2N=C(c3cccc(Cl)c3)OCC2=O)cc1)C1CCCC1. The molecule has 6 nitrogen and oxygen atoms in total. The van der Waals surface area contributed by atoms with Gasteiger partial charge in [-0.2, -0.15) is 0 Å². The molecule has 0 saturated heterocycles. The standard InChI is InChI=1S/C23H23ClN2O4/c24-19-7-3-6-18(12-19)22-25-26(20(27)14-30-22)13-15-8-10-17(11-9-15)21(23(28)29)16-4-1-2-5-16/h3,6-12,16,21H,1-2,4-5,13-14H2,(H,28,29). The molecular weight excluding hydrogens is 404 g/mol. The number of amides is 1. The highest BCUT2D eigenvalue weighted by atomic mass is 35.5. The Balaban J connectivity index is 1.51. The van der Waals surface area contributed by atoms with Gasteiger partial charge in [-0.05, 0) is 48.1 Å². The number of benzene rings is 2. The first-order chi connectivity index (χ1) is 14.5. The van der Waals surface area contributed by atoms with E-state index < -0.39 is 11.9 Å². The van der Waals surface area contributed by atoms with Crippen molar-refractivity contribution in [2.75, 3.05) is 6.61 Å². The van der Waals surface area contributed by atoms with Gasteiger partial charge in [0.05, 0.1) is 12.5 Å². The van der Waals surface area contributed by atoms with E-state index in [2.05, 4.69) is 5.10 Å². The molecule has 0 bridgehead atoms. The van der Waals surface area contributed by atoms with Crippen LogP contribution in [-0.2, 0) is 20.9 Å². The van der Waals surface area contributed by atoms with Crippen molar-refractivity contribution in [1.82, 2.24) is 5.01 Å². The molecule has 1 unspecified atom stereocenters. The second-order valence-electron chi connectivity index (χ2n) is 7.76. The lowest BCUT2D eigenvalue weighted by Crippen LogP contribution is -2.36. The van der Waals surface area contributed by atoms with Gasteiger partial charge in [-0.15, -0.1) is 5.10 Å². The zero-order chi connectivity index (χ0) is 21.1. The second-order valence-corrected chi connectivity index (χ2v) is 8.19. The average Bonchev–Trinajstić information content (AvgIpc) is 3.25. The van der Waals surface area contributed by atoms with E-state index in [4.69, 9.17) is 16.3 Å². The summed E-state index contributed by atoms with van der Waals surface area (Å²) in [5, 5.41) is 16.0. The third-order valence-corrected chi connectivity index (χ3v) is 5.95. The van der Waals surface area contributed by atoms with Crippen LogP contribution < -0.4 is 0 Å². The van der Waals surface area contributed by atoms with Crippen LogP contribution in [0.4, 0.5) is 0 Å². The van der Waals surface area contributed by atoms with E-state index in [1.807, 2.05) is 30.3 Å². The van der Waals surface area contributed by atoms with Crippen molar-refractivity contribution >= 4 is 29.4 Å². The minimum absolute atomic E-state index is 0.0911. The highest BCUT2D eigenvalue weighted by Crippen LogP contribution is 2.37. The molecule has 1 saturated carbocycles. The van der Waals surface area contributed by atoms with E-state index in [-0.39, 0.29) is 25.0 Å². The van der Waals surface area contributed by atoms with Gasteiger partial charge in [0, 0.05) is 10.6 Å². The van der Waals surface area contributed by atoms with Gasteiger partial charge < -0.3 is 9.84 Å². The summed E-state index contributed by atoms with van der Waals surface area (Å²) >= 11 is 6.04. The lowest BCUT2D eigenvalue weighted by Gasteiger charge is -2.24. The number of nitrogens with zero attached hydrogens (tertiary/aromatic N) is 2. The maximum Gasteiger partial charge on any atom is 0.311 e. The third-order valence-electron chi connectivity index (χ3n) is 5.71. The Hall–Kier alpha value is -2.86. The molecule has 30 heavy (non-hydrogen) atoms. The summed E-state index contributed by atoms with van der Waals surface area (Å²) in [6, 6.07) is 14.6. The lowest BCUT2D eigenvalue weighted by molar-refractivity contribution is -0.140. The number of aliphatic carboxylic acids is 1. The summed E-state index contributed by atoms with van der Waals surface area (Å²) < 4.78 is 5.47. The van der Waals surface area contributed by atoms with Crippen LogP contribution in [-0.4, -0.2) is 34.5 Å². The van der Waals surface area contributed by atoms with Crippen LogP contribution in [0.3, 0.4) is 0 Å².